The van der Waals surface area contributed by atoms with Crippen LogP contribution in [0.3, 0.4) is 0 Å². The second kappa shape index (κ2) is 4.80. The smallest absolute Gasteiger partial charge is 0.231 e. The quantitative estimate of drug-likeness (QED) is 0.801. The number of nitrogens with two attached hydrogens (primary N) is 1. The monoisotopic (exact) mass is 263 g/mol. The molecule has 1 unspecified atom stereocenters. The predicted molar refractivity (Wildman–Crippen MR) is 75.2 cm³/mol. The van der Waals surface area contributed by atoms with Crippen LogP contribution in [0, 0.1) is 0 Å². The van der Waals surface area contributed by atoms with Crippen LogP contribution in [0.2, 0.25) is 0 Å². The summed E-state index contributed by atoms with van der Waals surface area (Å²) in [5, 5.41) is 3.38. The maximum absolute atomic E-state index is 5.72. The highest BCUT2D eigenvalue weighted by Crippen LogP contribution is 2.30. The number of anilines is 3. The van der Waals surface area contributed by atoms with Crippen molar-refractivity contribution in [3.63, 3.8) is 0 Å². The molecule has 3 rings (SSSR count). The van der Waals surface area contributed by atoms with Crippen molar-refractivity contribution in [3.05, 3.63) is 0 Å². The maximum atomic E-state index is 5.72. The molecule has 104 valence electrons. The maximum Gasteiger partial charge on any atom is 0.231 e. The molecule has 1 atom stereocenters. The van der Waals surface area contributed by atoms with E-state index in [0.29, 0.717) is 17.9 Å². The van der Waals surface area contributed by atoms with E-state index in [1.165, 1.54) is 19.4 Å². The molecule has 1 saturated carbocycles. The van der Waals surface area contributed by atoms with Gasteiger partial charge in [-0.1, -0.05) is 0 Å². The second-order valence-electron chi connectivity index (χ2n) is 5.57. The largest absolute Gasteiger partial charge is 0.368 e. The molecule has 19 heavy (non-hydrogen) atoms. The molecular formula is C12H21N7. The fourth-order valence-electron chi connectivity index (χ4n) is 2.50. The average Bonchev–Trinajstić information content (AvgIpc) is 3.10. The number of hydrogen-bond donors (Lipinski definition) is 2. The molecule has 1 aliphatic carbocycles. The number of nitrogens with one attached hydrogen (secondary N) is 1. The van der Waals surface area contributed by atoms with E-state index in [1.54, 1.807) is 0 Å². The van der Waals surface area contributed by atoms with Crippen LogP contribution in [-0.2, 0) is 0 Å². The highest BCUT2D eigenvalue weighted by molar-refractivity contribution is 5.41. The lowest BCUT2D eigenvalue weighted by molar-refractivity contribution is 0.326. The van der Waals surface area contributed by atoms with E-state index >= 15 is 0 Å². The highest BCUT2D eigenvalue weighted by Gasteiger charge is 2.34. The Morgan fingerprint density at radius 1 is 1.21 bits per heavy atom. The van der Waals surface area contributed by atoms with Crippen molar-refractivity contribution >= 4 is 17.8 Å². The lowest BCUT2D eigenvalue weighted by atomic mass is 10.3. The van der Waals surface area contributed by atoms with Crippen molar-refractivity contribution in [2.45, 2.75) is 31.3 Å². The molecule has 0 spiro atoms. The van der Waals surface area contributed by atoms with Crippen molar-refractivity contribution < 1.29 is 0 Å². The number of aromatic nitrogens is 3. The van der Waals surface area contributed by atoms with Crippen molar-refractivity contribution in [2.24, 2.45) is 0 Å². The molecule has 1 saturated heterocycles. The van der Waals surface area contributed by atoms with Gasteiger partial charge in [0.05, 0.1) is 0 Å². The number of hydrogen-bond acceptors (Lipinski definition) is 7. The summed E-state index contributed by atoms with van der Waals surface area (Å²) in [5.41, 5.74) is 5.72. The van der Waals surface area contributed by atoms with Gasteiger partial charge in [0.1, 0.15) is 0 Å². The first-order valence-corrected chi connectivity index (χ1v) is 6.81. The third-order valence-corrected chi connectivity index (χ3v) is 3.66. The minimum atomic E-state index is 0.262. The molecule has 1 aromatic heterocycles. The Kier molecular flexibility index (Phi) is 3.14. The van der Waals surface area contributed by atoms with Crippen LogP contribution in [0.5, 0.6) is 0 Å². The van der Waals surface area contributed by atoms with Gasteiger partial charge in [-0.15, -0.1) is 0 Å². The van der Waals surface area contributed by atoms with Crippen molar-refractivity contribution in [2.75, 3.05) is 43.1 Å². The number of likely N-dealkylation sites (tertiary alicyclic amines) is 1. The number of nitrogen functional groups attached to an aromatic ring is 1. The summed E-state index contributed by atoms with van der Waals surface area (Å²) in [4.78, 5) is 17.0. The first kappa shape index (κ1) is 12.4. The van der Waals surface area contributed by atoms with E-state index in [0.717, 1.165) is 19.0 Å². The summed E-state index contributed by atoms with van der Waals surface area (Å²) in [6.07, 6.45) is 3.85. The molecule has 7 heteroatoms. The summed E-state index contributed by atoms with van der Waals surface area (Å²) in [6.45, 7) is 2.25. The Hall–Kier alpha value is -1.63. The van der Waals surface area contributed by atoms with Gasteiger partial charge in [-0.05, 0) is 19.3 Å². The van der Waals surface area contributed by atoms with Crippen LogP contribution in [0.25, 0.3) is 0 Å². The molecule has 7 nitrogen and oxygen atoms in total. The molecule has 3 N–H and O–H groups in total. The summed E-state index contributed by atoms with van der Waals surface area (Å²) >= 11 is 0. The lowest BCUT2D eigenvalue weighted by Gasteiger charge is -2.17. The zero-order chi connectivity index (χ0) is 13.4. The summed E-state index contributed by atoms with van der Waals surface area (Å²) in [6, 6.07) is 1.24. The van der Waals surface area contributed by atoms with Crippen LogP contribution < -0.4 is 16.0 Å². The first-order valence-electron chi connectivity index (χ1n) is 6.81. The minimum Gasteiger partial charge on any atom is -0.368 e. The molecule has 0 bridgehead atoms. The molecule has 0 aromatic carbocycles. The van der Waals surface area contributed by atoms with E-state index in [9.17, 15) is 0 Å². The number of rotatable bonds is 4. The van der Waals surface area contributed by atoms with Gasteiger partial charge in [-0.3, -0.25) is 4.90 Å². The van der Waals surface area contributed by atoms with E-state index in [1.807, 2.05) is 19.0 Å². The third kappa shape index (κ3) is 2.86. The minimum absolute atomic E-state index is 0.262. The summed E-state index contributed by atoms with van der Waals surface area (Å²) in [5.74, 6) is 1.43. The van der Waals surface area contributed by atoms with Crippen molar-refractivity contribution in [3.8, 4) is 0 Å². The molecule has 0 radical (unpaired) electrons. The van der Waals surface area contributed by atoms with E-state index in [2.05, 4.69) is 25.2 Å². The van der Waals surface area contributed by atoms with E-state index in [4.69, 9.17) is 5.73 Å². The van der Waals surface area contributed by atoms with Gasteiger partial charge in [0.15, 0.2) is 0 Å². The van der Waals surface area contributed by atoms with Crippen molar-refractivity contribution in [1.29, 1.82) is 0 Å². The number of nitrogens with zero attached hydrogens (tertiary/aromatic N) is 5. The SMILES string of the molecule is CN(C)c1nc(N)nc(NC2CCN(C3CC3)C2)n1. The Labute approximate surface area is 113 Å². The normalized spacial score (nSPS) is 23.6. The predicted octanol–water partition coefficient (Wildman–Crippen LogP) is 0.168. The Bertz CT molecular complexity index is 457. The van der Waals surface area contributed by atoms with Crippen LogP contribution >= 0.6 is 0 Å². The molecule has 1 aliphatic heterocycles. The molecule has 0 amide bonds. The highest BCUT2D eigenvalue weighted by atomic mass is 15.3. The Balaban J connectivity index is 1.66. The van der Waals surface area contributed by atoms with Gasteiger partial charge in [-0.25, -0.2) is 0 Å². The second-order valence-corrected chi connectivity index (χ2v) is 5.57. The van der Waals surface area contributed by atoms with Gasteiger partial charge in [-0.2, -0.15) is 15.0 Å². The summed E-state index contributed by atoms with van der Waals surface area (Å²) in [7, 11) is 3.78. The topological polar surface area (TPSA) is 83.2 Å². The molecule has 2 aliphatic rings. The zero-order valence-corrected chi connectivity index (χ0v) is 11.5. The van der Waals surface area contributed by atoms with Crippen LogP contribution in [-0.4, -0.2) is 59.1 Å². The molecule has 2 fully saturated rings. The Morgan fingerprint density at radius 3 is 2.68 bits per heavy atom. The third-order valence-electron chi connectivity index (χ3n) is 3.66. The van der Waals surface area contributed by atoms with Crippen LogP contribution in [0.4, 0.5) is 17.8 Å². The van der Waals surface area contributed by atoms with Crippen LogP contribution in [0.1, 0.15) is 19.3 Å². The van der Waals surface area contributed by atoms with Crippen LogP contribution in [0.15, 0.2) is 0 Å². The lowest BCUT2D eigenvalue weighted by Crippen LogP contribution is -2.28. The van der Waals surface area contributed by atoms with Gasteiger partial charge < -0.3 is 16.0 Å². The molecule has 1 aromatic rings. The van der Waals surface area contributed by atoms with Gasteiger partial charge in [0, 0.05) is 39.3 Å². The standard InChI is InChI=1S/C12H21N7/c1-18(2)12-16-10(13)15-11(17-12)14-8-5-6-19(7-8)9-3-4-9/h8-9H,3-7H2,1-2H3,(H3,13,14,15,16,17). The van der Waals surface area contributed by atoms with E-state index < -0.39 is 0 Å². The fraction of sp³-hybridized carbons (Fsp3) is 0.750. The first-order chi connectivity index (χ1) is 9.11. The summed E-state index contributed by atoms with van der Waals surface area (Å²) < 4.78 is 0. The van der Waals surface area contributed by atoms with Gasteiger partial charge in [0.2, 0.25) is 17.8 Å². The molecule has 2 heterocycles. The average molecular weight is 263 g/mol. The van der Waals surface area contributed by atoms with Gasteiger partial charge in [0.25, 0.3) is 0 Å². The van der Waals surface area contributed by atoms with E-state index in [-0.39, 0.29) is 5.95 Å². The zero-order valence-electron chi connectivity index (χ0n) is 11.5. The van der Waals surface area contributed by atoms with Crippen molar-refractivity contribution in [1.82, 2.24) is 19.9 Å². The fourth-order valence-corrected chi connectivity index (χ4v) is 2.50. The van der Waals surface area contributed by atoms with Gasteiger partial charge >= 0.3 is 0 Å². The Morgan fingerprint density at radius 2 is 2.00 bits per heavy atom. The molecular weight excluding hydrogens is 242 g/mol.